The standard InChI is InChI=1S/C35H38N6O4/c1-23-14-27(36)20-41(19-23)32-11-12-37-18-26(32)16-33(43)34-31(39-35(44)45-22-24-6-3-2-4-7-24)15-25-9-10-28(17-30(25)38-34)40-13-5-8-29(42)21-40/h2-4,6-7,9-12,15,17-18,23,27H,5,8,13-14,16,19-22,36H2,1H3,(H,39,44)/t23-,27+/m1/s1. The van der Waals surface area contributed by atoms with E-state index >= 15 is 0 Å². The number of nitrogens with two attached hydrogens (primary N) is 1. The van der Waals surface area contributed by atoms with Crippen molar-refractivity contribution in [1.82, 2.24) is 9.97 Å². The van der Waals surface area contributed by atoms with Crippen LogP contribution < -0.4 is 20.9 Å². The van der Waals surface area contributed by atoms with Gasteiger partial charge in [0.05, 0.1) is 17.7 Å². The Morgan fingerprint density at radius 1 is 1.07 bits per heavy atom. The topological polar surface area (TPSA) is 131 Å². The summed E-state index contributed by atoms with van der Waals surface area (Å²) < 4.78 is 5.47. The Hall–Kier alpha value is -4.83. The SMILES string of the molecule is C[C@@H]1C[C@H](N)CN(c2ccncc2CC(=O)c2nc3cc(N4CCCC(=O)C4)ccc3cc2NC(=O)OCc2ccccc2)C1. The van der Waals surface area contributed by atoms with E-state index < -0.39 is 6.09 Å². The molecule has 4 aromatic rings. The fourth-order valence-corrected chi connectivity index (χ4v) is 6.31. The van der Waals surface area contributed by atoms with Crippen LogP contribution in [0.5, 0.6) is 0 Å². The first-order chi connectivity index (χ1) is 21.8. The van der Waals surface area contributed by atoms with Crippen molar-refractivity contribution in [3.05, 3.63) is 89.9 Å². The lowest BCUT2D eigenvalue weighted by Crippen LogP contribution is -2.46. The van der Waals surface area contributed by atoms with Crippen molar-refractivity contribution in [2.24, 2.45) is 11.7 Å². The molecule has 4 heterocycles. The molecule has 10 nitrogen and oxygen atoms in total. The summed E-state index contributed by atoms with van der Waals surface area (Å²) in [6, 6.07) is 18.8. The summed E-state index contributed by atoms with van der Waals surface area (Å²) in [4.78, 5) is 52.5. The Morgan fingerprint density at radius 2 is 1.91 bits per heavy atom. The largest absolute Gasteiger partial charge is 0.444 e. The van der Waals surface area contributed by atoms with E-state index in [1.54, 1.807) is 18.5 Å². The molecular formula is C35H38N6O4. The van der Waals surface area contributed by atoms with E-state index in [-0.39, 0.29) is 42.0 Å². The van der Waals surface area contributed by atoms with Crippen LogP contribution in [-0.2, 0) is 22.6 Å². The number of fused-ring (bicyclic) bond motifs is 1. The molecule has 0 spiro atoms. The second-order valence-electron chi connectivity index (χ2n) is 12.1. The second kappa shape index (κ2) is 13.4. The van der Waals surface area contributed by atoms with Gasteiger partial charge in [-0.25, -0.2) is 9.78 Å². The number of piperidine rings is 2. The third kappa shape index (κ3) is 7.29. The first-order valence-electron chi connectivity index (χ1n) is 15.5. The number of hydrogen-bond donors (Lipinski definition) is 2. The molecule has 1 amide bonds. The molecule has 0 bridgehead atoms. The molecule has 232 valence electrons. The summed E-state index contributed by atoms with van der Waals surface area (Å²) in [5.74, 6) is 0.363. The Balaban J connectivity index is 1.31. The summed E-state index contributed by atoms with van der Waals surface area (Å²) in [6.07, 6.45) is 5.15. The molecule has 2 saturated heterocycles. The van der Waals surface area contributed by atoms with Crippen molar-refractivity contribution in [2.75, 3.05) is 41.3 Å². The van der Waals surface area contributed by atoms with E-state index in [9.17, 15) is 14.4 Å². The van der Waals surface area contributed by atoms with Crippen LogP contribution in [0, 0.1) is 5.92 Å². The predicted molar refractivity (Wildman–Crippen MR) is 175 cm³/mol. The summed E-state index contributed by atoms with van der Waals surface area (Å²) in [6.45, 7) is 4.94. The maximum atomic E-state index is 14.1. The van der Waals surface area contributed by atoms with Crippen molar-refractivity contribution in [1.29, 1.82) is 0 Å². The van der Waals surface area contributed by atoms with Gasteiger partial charge in [0.2, 0.25) is 0 Å². The Bertz CT molecular complexity index is 1700. The molecule has 2 aromatic heterocycles. The van der Waals surface area contributed by atoms with Crippen molar-refractivity contribution in [2.45, 2.75) is 45.3 Å². The first-order valence-corrected chi connectivity index (χ1v) is 15.5. The zero-order chi connectivity index (χ0) is 31.3. The monoisotopic (exact) mass is 606 g/mol. The van der Waals surface area contributed by atoms with Gasteiger partial charge in [-0.1, -0.05) is 43.3 Å². The quantitative estimate of drug-likeness (QED) is 0.262. The number of hydrogen-bond acceptors (Lipinski definition) is 9. The molecule has 45 heavy (non-hydrogen) atoms. The van der Waals surface area contributed by atoms with E-state index in [2.05, 4.69) is 22.1 Å². The van der Waals surface area contributed by atoms with Crippen LogP contribution in [0.4, 0.5) is 21.9 Å². The normalized spacial score (nSPS) is 18.6. The number of benzene rings is 2. The number of nitrogens with zero attached hydrogens (tertiary/aromatic N) is 4. The zero-order valence-electron chi connectivity index (χ0n) is 25.4. The van der Waals surface area contributed by atoms with Gasteiger partial charge >= 0.3 is 6.09 Å². The number of aromatic nitrogens is 2. The van der Waals surface area contributed by atoms with Crippen molar-refractivity contribution in [3.63, 3.8) is 0 Å². The van der Waals surface area contributed by atoms with E-state index in [0.29, 0.717) is 30.9 Å². The van der Waals surface area contributed by atoms with Gasteiger partial charge in [-0.2, -0.15) is 0 Å². The third-order valence-corrected chi connectivity index (χ3v) is 8.39. The van der Waals surface area contributed by atoms with Crippen LogP contribution in [0.2, 0.25) is 0 Å². The van der Waals surface area contributed by atoms with Crippen molar-refractivity contribution in [3.8, 4) is 0 Å². The van der Waals surface area contributed by atoms with E-state index in [0.717, 1.165) is 53.8 Å². The zero-order valence-corrected chi connectivity index (χ0v) is 25.4. The lowest BCUT2D eigenvalue weighted by atomic mass is 9.95. The summed E-state index contributed by atoms with van der Waals surface area (Å²) >= 11 is 0. The molecule has 2 fully saturated rings. The van der Waals surface area contributed by atoms with Gasteiger partial charge in [0.25, 0.3) is 0 Å². The Labute approximate surface area is 262 Å². The Kier molecular flexibility index (Phi) is 9.02. The number of carbonyl (C=O) groups excluding carboxylic acids is 3. The number of Topliss-reactive ketones (excluding diaryl/α,β-unsaturated/α-hetero) is 2. The number of rotatable bonds is 8. The highest BCUT2D eigenvalue weighted by atomic mass is 16.5. The lowest BCUT2D eigenvalue weighted by Gasteiger charge is -2.37. The van der Waals surface area contributed by atoms with Gasteiger partial charge in [-0.15, -0.1) is 0 Å². The summed E-state index contributed by atoms with van der Waals surface area (Å²) in [5.41, 5.74) is 10.7. The van der Waals surface area contributed by atoms with Crippen LogP contribution >= 0.6 is 0 Å². The number of ether oxygens (including phenoxy) is 1. The molecule has 10 heteroatoms. The fourth-order valence-electron chi connectivity index (χ4n) is 6.31. The van der Waals surface area contributed by atoms with E-state index in [4.69, 9.17) is 15.5 Å². The summed E-state index contributed by atoms with van der Waals surface area (Å²) in [7, 11) is 0. The summed E-state index contributed by atoms with van der Waals surface area (Å²) in [5, 5.41) is 3.52. The molecule has 2 aliphatic rings. The Morgan fingerprint density at radius 3 is 2.71 bits per heavy atom. The van der Waals surface area contributed by atoms with Crippen LogP contribution in [0.3, 0.4) is 0 Å². The average molecular weight is 607 g/mol. The van der Waals surface area contributed by atoms with Gasteiger partial charge in [-0.3, -0.25) is 19.9 Å². The molecule has 6 rings (SSSR count). The fraction of sp³-hybridized carbons (Fsp3) is 0.343. The number of carbonyl (C=O) groups is 3. The van der Waals surface area contributed by atoms with E-state index in [1.807, 2.05) is 59.5 Å². The minimum absolute atomic E-state index is 0.0376. The molecule has 2 aliphatic heterocycles. The van der Waals surface area contributed by atoms with Crippen LogP contribution in [-0.4, -0.2) is 59.8 Å². The average Bonchev–Trinajstić information content (AvgIpc) is 3.03. The maximum Gasteiger partial charge on any atom is 0.412 e. The predicted octanol–water partition coefficient (Wildman–Crippen LogP) is 5.15. The smallest absolute Gasteiger partial charge is 0.412 e. The van der Waals surface area contributed by atoms with Gasteiger partial charge in [0, 0.05) is 73.2 Å². The molecule has 0 radical (unpaired) electrons. The van der Waals surface area contributed by atoms with Gasteiger partial charge in [0.15, 0.2) is 11.6 Å². The van der Waals surface area contributed by atoms with E-state index in [1.165, 1.54) is 0 Å². The molecule has 0 aliphatic carbocycles. The minimum atomic E-state index is -0.684. The molecule has 2 atom stereocenters. The third-order valence-electron chi connectivity index (χ3n) is 8.39. The van der Waals surface area contributed by atoms with Crippen molar-refractivity contribution < 1.29 is 19.1 Å². The number of anilines is 3. The van der Waals surface area contributed by atoms with Crippen LogP contribution in [0.25, 0.3) is 10.9 Å². The van der Waals surface area contributed by atoms with Gasteiger partial charge < -0.3 is 20.3 Å². The molecule has 0 saturated carbocycles. The molecule has 3 N–H and O–H groups in total. The minimum Gasteiger partial charge on any atom is -0.444 e. The van der Waals surface area contributed by atoms with Crippen LogP contribution in [0.15, 0.2) is 73.1 Å². The molecular weight excluding hydrogens is 568 g/mol. The van der Waals surface area contributed by atoms with Gasteiger partial charge in [-0.05, 0) is 48.6 Å². The van der Waals surface area contributed by atoms with Crippen LogP contribution in [0.1, 0.15) is 47.8 Å². The molecule has 2 aromatic carbocycles. The first kappa shape index (κ1) is 30.2. The second-order valence-corrected chi connectivity index (χ2v) is 12.1. The lowest BCUT2D eigenvalue weighted by molar-refractivity contribution is -0.118. The molecule has 0 unspecified atom stereocenters. The highest BCUT2D eigenvalue weighted by molar-refractivity contribution is 6.06. The number of pyridine rings is 2. The maximum absolute atomic E-state index is 14.1. The highest BCUT2D eigenvalue weighted by Gasteiger charge is 2.26. The number of amides is 1. The highest BCUT2D eigenvalue weighted by Crippen LogP contribution is 2.30. The van der Waals surface area contributed by atoms with Gasteiger partial charge in [0.1, 0.15) is 12.3 Å². The van der Waals surface area contributed by atoms with Crippen molar-refractivity contribution >= 4 is 45.6 Å². The number of ketones is 2. The number of nitrogens with one attached hydrogen (secondary N) is 1.